The molecule has 0 saturated carbocycles. The van der Waals surface area contributed by atoms with Crippen molar-refractivity contribution in [1.82, 2.24) is 10.2 Å². The molecule has 0 spiro atoms. The molecule has 1 aliphatic rings. The second-order valence-electron chi connectivity index (χ2n) is 6.54. The summed E-state index contributed by atoms with van der Waals surface area (Å²) in [6, 6.07) is 19.9. The van der Waals surface area contributed by atoms with Gasteiger partial charge in [0.2, 0.25) is 11.8 Å². The maximum atomic E-state index is 13.0. The van der Waals surface area contributed by atoms with E-state index >= 15 is 0 Å². The molecule has 1 heterocycles. The first-order chi connectivity index (χ1) is 12.1. The molecule has 0 unspecified atom stereocenters. The summed E-state index contributed by atoms with van der Waals surface area (Å²) in [6.07, 6.45) is 1.61. The third-order valence-corrected chi connectivity index (χ3v) is 4.81. The van der Waals surface area contributed by atoms with Gasteiger partial charge in [-0.3, -0.25) is 9.59 Å². The van der Waals surface area contributed by atoms with Gasteiger partial charge in [0, 0.05) is 26.1 Å². The summed E-state index contributed by atoms with van der Waals surface area (Å²) < 4.78 is 0. The monoisotopic (exact) mass is 336 g/mol. The summed E-state index contributed by atoms with van der Waals surface area (Å²) in [5.74, 6) is -0.178. The number of carbonyl (C=O) groups is 2. The number of nitrogens with zero attached hydrogens (tertiary/aromatic N) is 1. The molecule has 0 atom stereocenters. The zero-order valence-corrected chi connectivity index (χ0v) is 14.5. The van der Waals surface area contributed by atoms with Crippen LogP contribution in [0.15, 0.2) is 60.7 Å². The van der Waals surface area contributed by atoms with Crippen molar-refractivity contribution < 1.29 is 9.59 Å². The van der Waals surface area contributed by atoms with Gasteiger partial charge < -0.3 is 10.2 Å². The minimum Gasteiger partial charge on any atom is -0.352 e. The Morgan fingerprint density at radius 2 is 1.40 bits per heavy atom. The van der Waals surface area contributed by atoms with Crippen molar-refractivity contribution in [3.63, 3.8) is 0 Å². The van der Waals surface area contributed by atoms with E-state index < -0.39 is 0 Å². The van der Waals surface area contributed by atoms with E-state index in [4.69, 9.17) is 0 Å². The van der Waals surface area contributed by atoms with Crippen molar-refractivity contribution in [2.75, 3.05) is 13.1 Å². The molecule has 25 heavy (non-hydrogen) atoms. The van der Waals surface area contributed by atoms with Crippen LogP contribution in [0.3, 0.4) is 0 Å². The van der Waals surface area contributed by atoms with Gasteiger partial charge in [-0.05, 0) is 24.0 Å². The van der Waals surface area contributed by atoms with Crippen molar-refractivity contribution in [1.29, 1.82) is 0 Å². The molecule has 3 rings (SSSR count). The van der Waals surface area contributed by atoms with Crippen molar-refractivity contribution in [2.45, 2.75) is 31.7 Å². The zero-order chi connectivity index (χ0) is 17.6. The van der Waals surface area contributed by atoms with Crippen LogP contribution in [0.5, 0.6) is 0 Å². The third-order valence-electron chi connectivity index (χ3n) is 4.81. The topological polar surface area (TPSA) is 49.4 Å². The molecule has 0 bridgehead atoms. The fourth-order valence-electron chi connectivity index (χ4n) is 3.41. The predicted molar refractivity (Wildman–Crippen MR) is 98.1 cm³/mol. The lowest BCUT2D eigenvalue weighted by Crippen LogP contribution is -2.47. The molecule has 130 valence electrons. The van der Waals surface area contributed by atoms with Crippen LogP contribution in [0.1, 0.15) is 36.8 Å². The van der Waals surface area contributed by atoms with Gasteiger partial charge >= 0.3 is 0 Å². The first-order valence-corrected chi connectivity index (χ1v) is 8.81. The molecule has 0 aromatic heterocycles. The summed E-state index contributed by atoms with van der Waals surface area (Å²) in [5, 5.41) is 3.20. The number of nitrogens with one attached hydrogen (secondary N) is 1. The van der Waals surface area contributed by atoms with E-state index in [1.165, 1.54) is 0 Å². The normalized spacial score (nSPS) is 15.2. The Morgan fingerprint density at radius 1 is 0.920 bits per heavy atom. The highest BCUT2D eigenvalue weighted by Crippen LogP contribution is 2.25. The number of likely N-dealkylation sites (tertiary alicyclic amines) is 1. The highest BCUT2D eigenvalue weighted by Gasteiger charge is 2.27. The van der Waals surface area contributed by atoms with E-state index in [1.54, 1.807) is 6.92 Å². The van der Waals surface area contributed by atoms with Gasteiger partial charge in [0.25, 0.3) is 0 Å². The second-order valence-corrected chi connectivity index (χ2v) is 6.54. The van der Waals surface area contributed by atoms with Crippen LogP contribution >= 0.6 is 0 Å². The number of carbonyl (C=O) groups excluding carboxylic acids is 2. The fraction of sp³-hybridized carbons (Fsp3) is 0.333. The Labute approximate surface area is 148 Å². The van der Waals surface area contributed by atoms with Gasteiger partial charge in [0.05, 0.1) is 5.92 Å². The van der Waals surface area contributed by atoms with E-state index in [-0.39, 0.29) is 23.8 Å². The molecule has 2 aromatic carbocycles. The van der Waals surface area contributed by atoms with Crippen LogP contribution < -0.4 is 5.32 Å². The Bertz CT molecular complexity index is 668. The molecule has 2 aromatic rings. The smallest absolute Gasteiger partial charge is 0.232 e. The van der Waals surface area contributed by atoms with E-state index in [0.717, 1.165) is 24.0 Å². The van der Waals surface area contributed by atoms with E-state index in [9.17, 15) is 9.59 Å². The summed E-state index contributed by atoms with van der Waals surface area (Å²) in [7, 11) is 0. The molecule has 1 fully saturated rings. The first-order valence-electron chi connectivity index (χ1n) is 8.81. The van der Waals surface area contributed by atoms with Crippen molar-refractivity contribution in [2.24, 2.45) is 0 Å². The lowest BCUT2D eigenvalue weighted by Gasteiger charge is -2.32. The third kappa shape index (κ3) is 4.27. The largest absolute Gasteiger partial charge is 0.352 e. The molecule has 1 aliphatic heterocycles. The number of benzene rings is 2. The summed E-state index contributed by atoms with van der Waals surface area (Å²) in [4.78, 5) is 26.3. The quantitative estimate of drug-likeness (QED) is 0.933. The number of amides is 2. The molecule has 4 nitrogen and oxygen atoms in total. The lowest BCUT2D eigenvalue weighted by molar-refractivity contribution is -0.130. The van der Waals surface area contributed by atoms with Crippen LogP contribution in [0.25, 0.3) is 0 Å². The Balaban J connectivity index is 1.74. The second kappa shape index (κ2) is 7.97. The fourth-order valence-corrected chi connectivity index (χ4v) is 3.41. The number of piperidine rings is 1. The van der Waals surface area contributed by atoms with Crippen LogP contribution in [-0.4, -0.2) is 35.8 Å². The Kier molecular flexibility index (Phi) is 5.49. The standard InChI is InChI=1S/C21H24N2O2/c1-16(24)23-14-12-19(13-15-23)22-21(25)20(17-8-4-2-5-9-17)18-10-6-3-7-11-18/h2-11,19-20H,12-15H2,1H3,(H,22,25). The van der Waals surface area contributed by atoms with Gasteiger partial charge in [-0.15, -0.1) is 0 Å². The maximum Gasteiger partial charge on any atom is 0.232 e. The van der Waals surface area contributed by atoms with Gasteiger partial charge in [0.15, 0.2) is 0 Å². The van der Waals surface area contributed by atoms with Crippen molar-refractivity contribution in [3.8, 4) is 0 Å². The Morgan fingerprint density at radius 3 is 1.84 bits per heavy atom. The highest BCUT2D eigenvalue weighted by atomic mass is 16.2. The minimum absolute atomic E-state index is 0.0266. The van der Waals surface area contributed by atoms with E-state index in [1.807, 2.05) is 65.6 Å². The molecule has 0 radical (unpaired) electrons. The summed E-state index contributed by atoms with van der Waals surface area (Å²) in [5.41, 5.74) is 1.99. The van der Waals surface area contributed by atoms with Gasteiger partial charge in [-0.1, -0.05) is 60.7 Å². The van der Waals surface area contributed by atoms with Gasteiger partial charge in [-0.2, -0.15) is 0 Å². The summed E-state index contributed by atoms with van der Waals surface area (Å²) >= 11 is 0. The average Bonchev–Trinajstić information content (AvgIpc) is 2.64. The molecular weight excluding hydrogens is 312 g/mol. The number of hydrogen-bond acceptors (Lipinski definition) is 2. The maximum absolute atomic E-state index is 13.0. The SMILES string of the molecule is CC(=O)N1CCC(NC(=O)C(c2ccccc2)c2ccccc2)CC1. The number of rotatable bonds is 4. The van der Waals surface area contributed by atoms with Crippen LogP contribution in [-0.2, 0) is 9.59 Å². The van der Waals surface area contributed by atoms with Crippen molar-refractivity contribution >= 4 is 11.8 Å². The molecular formula is C21H24N2O2. The Hall–Kier alpha value is -2.62. The van der Waals surface area contributed by atoms with Crippen LogP contribution in [0, 0.1) is 0 Å². The van der Waals surface area contributed by atoms with Crippen LogP contribution in [0.2, 0.25) is 0 Å². The van der Waals surface area contributed by atoms with Crippen molar-refractivity contribution in [3.05, 3.63) is 71.8 Å². The number of hydrogen-bond donors (Lipinski definition) is 1. The molecule has 2 amide bonds. The molecule has 4 heteroatoms. The van der Waals surface area contributed by atoms with E-state index in [2.05, 4.69) is 5.32 Å². The average molecular weight is 336 g/mol. The first kappa shape index (κ1) is 17.2. The lowest BCUT2D eigenvalue weighted by atomic mass is 9.90. The van der Waals surface area contributed by atoms with E-state index in [0.29, 0.717) is 13.1 Å². The molecule has 1 saturated heterocycles. The minimum atomic E-state index is -0.312. The van der Waals surface area contributed by atoms with Crippen LogP contribution in [0.4, 0.5) is 0 Å². The van der Waals surface area contributed by atoms with Gasteiger partial charge in [-0.25, -0.2) is 0 Å². The summed E-state index contributed by atoms with van der Waals surface area (Å²) in [6.45, 7) is 3.02. The predicted octanol–water partition coefficient (Wildman–Crippen LogP) is 2.95. The highest BCUT2D eigenvalue weighted by molar-refractivity contribution is 5.87. The zero-order valence-electron chi connectivity index (χ0n) is 14.5. The molecule has 0 aliphatic carbocycles. The van der Waals surface area contributed by atoms with Gasteiger partial charge in [0.1, 0.15) is 0 Å². The molecule has 1 N–H and O–H groups in total.